The minimum Gasteiger partial charge on any atom is -0.324 e. The molecule has 0 saturated carbocycles. The number of hydrogen-bond acceptors (Lipinski definition) is 5. The lowest BCUT2D eigenvalue weighted by atomic mass is 9.88. The molecule has 1 unspecified atom stereocenters. The van der Waals surface area contributed by atoms with Gasteiger partial charge in [-0.25, -0.2) is 14.6 Å². The molecule has 2 N–H and O–H groups in total. The van der Waals surface area contributed by atoms with Gasteiger partial charge in [0.1, 0.15) is 12.7 Å². The van der Waals surface area contributed by atoms with E-state index in [-0.39, 0.29) is 36.6 Å². The molecular weight excluding hydrogens is 327 g/mol. The standard InChI is InChI=1S/C13H16N6O.2ClH/c1-9(10-4-14-5-10)13(20)18-11-2-3-12(16-6-11)19-8-15-7-17-19;;/h2-3,6-10,14H,4-5H2,1H3,(H,18,20);2*1H. The summed E-state index contributed by atoms with van der Waals surface area (Å²) in [6.07, 6.45) is 4.65. The summed E-state index contributed by atoms with van der Waals surface area (Å²) in [6.45, 7) is 3.79. The van der Waals surface area contributed by atoms with Crippen molar-refractivity contribution in [3.8, 4) is 5.82 Å². The average Bonchev–Trinajstić information content (AvgIpc) is 2.91. The SMILES string of the molecule is CC(C(=O)Nc1ccc(-n2cncn2)nc1)C1CNC1.Cl.Cl. The van der Waals surface area contributed by atoms with Crippen LogP contribution in [-0.2, 0) is 4.79 Å². The highest BCUT2D eigenvalue weighted by atomic mass is 35.5. The van der Waals surface area contributed by atoms with Crippen molar-refractivity contribution >= 4 is 36.4 Å². The van der Waals surface area contributed by atoms with E-state index in [2.05, 4.69) is 25.7 Å². The van der Waals surface area contributed by atoms with Crippen LogP contribution in [0.5, 0.6) is 0 Å². The summed E-state index contributed by atoms with van der Waals surface area (Å²) in [5.41, 5.74) is 0.693. The topological polar surface area (TPSA) is 84.7 Å². The maximum Gasteiger partial charge on any atom is 0.227 e. The quantitative estimate of drug-likeness (QED) is 0.873. The molecule has 0 aromatic carbocycles. The van der Waals surface area contributed by atoms with Gasteiger partial charge >= 0.3 is 0 Å². The van der Waals surface area contributed by atoms with Crippen LogP contribution in [-0.4, -0.2) is 38.7 Å². The Kier molecular flexibility index (Phi) is 6.73. The maximum absolute atomic E-state index is 12.1. The zero-order valence-electron chi connectivity index (χ0n) is 12.0. The maximum atomic E-state index is 12.1. The number of nitrogens with zero attached hydrogens (tertiary/aromatic N) is 4. The first-order valence-corrected chi connectivity index (χ1v) is 6.56. The molecule has 0 aliphatic carbocycles. The fourth-order valence-electron chi connectivity index (χ4n) is 2.06. The third-order valence-corrected chi connectivity index (χ3v) is 3.60. The molecule has 0 spiro atoms. The highest BCUT2D eigenvalue weighted by molar-refractivity contribution is 5.92. The first kappa shape index (κ1) is 18.3. The van der Waals surface area contributed by atoms with Crippen LogP contribution in [0, 0.1) is 11.8 Å². The molecule has 120 valence electrons. The molecule has 7 nitrogen and oxygen atoms in total. The van der Waals surface area contributed by atoms with E-state index in [0.717, 1.165) is 13.1 Å². The molecule has 1 aliphatic heterocycles. The van der Waals surface area contributed by atoms with E-state index in [1.165, 1.54) is 6.33 Å². The summed E-state index contributed by atoms with van der Waals surface area (Å²) in [6, 6.07) is 3.60. The van der Waals surface area contributed by atoms with Gasteiger partial charge in [-0.15, -0.1) is 24.8 Å². The monoisotopic (exact) mass is 344 g/mol. The molecule has 3 rings (SSSR count). The number of anilines is 1. The summed E-state index contributed by atoms with van der Waals surface area (Å²) in [7, 11) is 0. The van der Waals surface area contributed by atoms with Crippen LogP contribution < -0.4 is 10.6 Å². The lowest BCUT2D eigenvalue weighted by Gasteiger charge is -2.31. The van der Waals surface area contributed by atoms with Gasteiger partial charge in [0.2, 0.25) is 5.91 Å². The molecule has 9 heteroatoms. The lowest BCUT2D eigenvalue weighted by molar-refractivity contribution is -0.121. The first-order valence-electron chi connectivity index (χ1n) is 6.56. The molecule has 1 aliphatic rings. The molecule has 22 heavy (non-hydrogen) atoms. The predicted octanol–water partition coefficient (Wildman–Crippen LogP) is 1.30. The van der Waals surface area contributed by atoms with E-state index < -0.39 is 0 Å². The van der Waals surface area contributed by atoms with Crippen molar-refractivity contribution in [2.45, 2.75) is 6.92 Å². The van der Waals surface area contributed by atoms with Gasteiger partial charge in [-0.05, 0) is 31.1 Å². The molecule has 0 bridgehead atoms. The number of pyridine rings is 1. The molecule has 1 saturated heterocycles. The second-order valence-corrected chi connectivity index (χ2v) is 4.94. The second-order valence-electron chi connectivity index (χ2n) is 4.94. The zero-order chi connectivity index (χ0) is 13.9. The van der Waals surface area contributed by atoms with E-state index in [9.17, 15) is 4.79 Å². The van der Waals surface area contributed by atoms with E-state index in [0.29, 0.717) is 17.4 Å². The molecule has 1 fully saturated rings. The van der Waals surface area contributed by atoms with Crippen LogP contribution in [0.1, 0.15) is 6.92 Å². The molecule has 1 atom stereocenters. The van der Waals surface area contributed by atoms with Gasteiger partial charge in [-0.3, -0.25) is 4.79 Å². The number of halogens is 2. The largest absolute Gasteiger partial charge is 0.324 e. The van der Waals surface area contributed by atoms with E-state index in [1.807, 2.05) is 13.0 Å². The summed E-state index contributed by atoms with van der Waals surface area (Å²) in [5.74, 6) is 1.13. The molecule has 1 amide bonds. The van der Waals surface area contributed by atoms with Crippen molar-refractivity contribution in [1.29, 1.82) is 0 Å². The van der Waals surface area contributed by atoms with Gasteiger partial charge in [-0.2, -0.15) is 5.10 Å². The van der Waals surface area contributed by atoms with Crippen molar-refractivity contribution in [2.24, 2.45) is 11.8 Å². The number of nitrogens with one attached hydrogen (secondary N) is 2. The van der Waals surface area contributed by atoms with E-state index >= 15 is 0 Å². The van der Waals surface area contributed by atoms with E-state index in [1.54, 1.807) is 23.3 Å². The summed E-state index contributed by atoms with van der Waals surface area (Å²) >= 11 is 0. The third-order valence-electron chi connectivity index (χ3n) is 3.60. The van der Waals surface area contributed by atoms with Gasteiger partial charge in [0.25, 0.3) is 0 Å². The van der Waals surface area contributed by atoms with Crippen molar-refractivity contribution in [3.05, 3.63) is 31.0 Å². The van der Waals surface area contributed by atoms with Gasteiger partial charge in [0.05, 0.1) is 11.9 Å². The number of carbonyl (C=O) groups is 1. The molecule has 2 aromatic heterocycles. The van der Waals surface area contributed by atoms with Crippen LogP contribution in [0.15, 0.2) is 31.0 Å². The Labute approximate surface area is 140 Å². The Hall–Kier alpha value is -1.70. The first-order chi connectivity index (χ1) is 9.74. The number of hydrogen-bond donors (Lipinski definition) is 2. The van der Waals surface area contributed by atoms with Crippen LogP contribution in [0.4, 0.5) is 5.69 Å². The number of rotatable bonds is 4. The Morgan fingerprint density at radius 1 is 1.41 bits per heavy atom. The Balaban J connectivity index is 0.00000121. The Bertz CT molecular complexity index is 585. The second kappa shape index (κ2) is 8.07. The lowest BCUT2D eigenvalue weighted by Crippen LogP contribution is -2.48. The van der Waals surface area contributed by atoms with Gasteiger partial charge in [0, 0.05) is 5.92 Å². The van der Waals surface area contributed by atoms with Crippen LogP contribution in [0.2, 0.25) is 0 Å². The smallest absolute Gasteiger partial charge is 0.227 e. The zero-order valence-corrected chi connectivity index (χ0v) is 13.6. The Morgan fingerprint density at radius 2 is 2.18 bits per heavy atom. The van der Waals surface area contributed by atoms with Gasteiger partial charge in [0.15, 0.2) is 5.82 Å². The minimum absolute atomic E-state index is 0. The Morgan fingerprint density at radius 3 is 2.68 bits per heavy atom. The fourth-order valence-corrected chi connectivity index (χ4v) is 2.06. The van der Waals surface area contributed by atoms with Crippen LogP contribution >= 0.6 is 24.8 Å². The average molecular weight is 345 g/mol. The summed E-state index contributed by atoms with van der Waals surface area (Å²) in [4.78, 5) is 20.2. The van der Waals surface area contributed by atoms with Crippen molar-refractivity contribution in [1.82, 2.24) is 25.1 Å². The number of amides is 1. The predicted molar refractivity (Wildman–Crippen MR) is 87.8 cm³/mol. The summed E-state index contributed by atoms with van der Waals surface area (Å²) < 4.78 is 1.56. The van der Waals surface area contributed by atoms with E-state index in [4.69, 9.17) is 0 Å². The van der Waals surface area contributed by atoms with Crippen molar-refractivity contribution in [2.75, 3.05) is 18.4 Å². The minimum atomic E-state index is 0. The molecule has 0 radical (unpaired) electrons. The fraction of sp³-hybridized carbons (Fsp3) is 0.385. The molecule has 2 aromatic rings. The highest BCUT2D eigenvalue weighted by Crippen LogP contribution is 2.18. The van der Waals surface area contributed by atoms with Crippen LogP contribution in [0.25, 0.3) is 5.82 Å². The normalized spacial score (nSPS) is 15.0. The van der Waals surface area contributed by atoms with Gasteiger partial charge in [-0.1, -0.05) is 6.92 Å². The molecule has 3 heterocycles. The number of carbonyl (C=O) groups excluding carboxylic acids is 1. The van der Waals surface area contributed by atoms with Crippen molar-refractivity contribution < 1.29 is 4.79 Å². The van der Waals surface area contributed by atoms with Gasteiger partial charge < -0.3 is 10.6 Å². The summed E-state index contributed by atoms with van der Waals surface area (Å²) in [5, 5.41) is 10.1. The molecular formula is C13H18Cl2N6O. The highest BCUT2D eigenvalue weighted by Gasteiger charge is 2.28. The number of aromatic nitrogens is 4. The third kappa shape index (κ3) is 3.94. The van der Waals surface area contributed by atoms with Crippen molar-refractivity contribution in [3.63, 3.8) is 0 Å². The van der Waals surface area contributed by atoms with Crippen LogP contribution in [0.3, 0.4) is 0 Å².